The molecular weight excluding hydrogens is 512 g/mol. The van der Waals surface area contributed by atoms with Crippen LogP contribution >= 0.6 is 0 Å². The van der Waals surface area contributed by atoms with Crippen molar-refractivity contribution in [2.75, 3.05) is 26.2 Å². The predicted molar refractivity (Wildman–Crippen MR) is 118 cm³/mol. The van der Waals surface area contributed by atoms with Crippen molar-refractivity contribution in [2.45, 2.75) is 44.7 Å². The third-order valence-corrected chi connectivity index (χ3v) is 6.34. The second kappa shape index (κ2) is 12.5. The van der Waals surface area contributed by atoms with E-state index in [1.54, 1.807) is 6.26 Å². The molecule has 1 spiro atoms. The number of aromatic nitrogens is 1. The summed E-state index contributed by atoms with van der Waals surface area (Å²) in [4.78, 5) is 23.0. The summed E-state index contributed by atoms with van der Waals surface area (Å²) >= 11 is 0. The molecule has 0 unspecified atom stereocenters. The maximum atomic E-state index is 10.6. The first-order valence-electron chi connectivity index (χ1n) is 11.3. The number of likely N-dealkylation sites (tertiary alicyclic amines) is 2. The third kappa shape index (κ3) is 9.76. The Bertz CT molecular complexity index is 971. The van der Waals surface area contributed by atoms with E-state index in [0.717, 1.165) is 13.1 Å². The highest BCUT2D eigenvalue weighted by atomic mass is 19.4. The van der Waals surface area contributed by atoms with E-state index in [9.17, 15) is 26.3 Å². The van der Waals surface area contributed by atoms with Crippen molar-refractivity contribution in [3.63, 3.8) is 0 Å². The molecule has 37 heavy (non-hydrogen) atoms. The van der Waals surface area contributed by atoms with Crippen LogP contribution in [0.25, 0.3) is 0 Å². The van der Waals surface area contributed by atoms with Crippen LogP contribution in [0.3, 0.4) is 0 Å². The first-order chi connectivity index (χ1) is 17.1. The van der Waals surface area contributed by atoms with Gasteiger partial charge < -0.3 is 19.2 Å². The van der Waals surface area contributed by atoms with E-state index in [4.69, 9.17) is 24.2 Å². The van der Waals surface area contributed by atoms with E-state index in [1.165, 1.54) is 56.7 Å². The molecule has 0 aliphatic carbocycles. The van der Waals surface area contributed by atoms with Crippen LogP contribution in [0.1, 0.15) is 30.5 Å². The molecule has 8 nitrogen and oxygen atoms in total. The summed E-state index contributed by atoms with van der Waals surface area (Å²) in [6.45, 7) is 7.12. The molecule has 0 aromatic carbocycles. The molecule has 0 saturated carbocycles. The fourth-order valence-corrected chi connectivity index (χ4v) is 4.29. The van der Waals surface area contributed by atoms with Gasteiger partial charge in [-0.3, -0.25) is 9.80 Å². The van der Waals surface area contributed by atoms with Crippen molar-refractivity contribution in [1.29, 1.82) is 0 Å². The molecule has 2 aliphatic rings. The molecule has 2 N–H and O–H groups in total. The molecular formula is C23H29F6N3O5. The third-order valence-electron chi connectivity index (χ3n) is 6.34. The summed E-state index contributed by atoms with van der Waals surface area (Å²) in [5.74, 6) is -5.51. The number of carbonyl (C=O) groups is 2. The van der Waals surface area contributed by atoms with E-state index >= 15 is 0 Å². The topological polar surface area (TPSA) is 99.2 Å². The molecule has 4 rings (SSSR count). The number of hydrogen-bond donors (Lipinski definition) is 2. The molecule has 0 bridgehead atoms. The molecule has 4 heterocycles. The minimum Gasteiger partial charge on any atom is -0.475 e. The zero-order valence-corrected chi connectivity index (χ0v) is 20.1. The number of hydrogen-bond acceptors (Lipinski definition) is 5. The van der Waals surface area contributed by atoms with Crippen LogP contribution in [-0.4, -0.2) is 75.1 Å². The summed E-state index contributed by atoms with van der Waals surface area (Å²) in [6.07, 6.45) is -0.302. The van der Waals surface area contributed by atoms with Crippen LogP contribution in [0.4, 0.5) is 26.3 Å². The number of halogens is 6. The standard InChI is InChI=1S/C19H27N3O.2C2HF3O2/c1-20-8-2-3-18(20)14-21-9-5-19(6-10-21)7-11-22(16-19)13-17-4-12-23-15-17;2*3-2(4,5)1(6)7/h2-4,8,12,15H,5-7,9-11,13-14,16H2,1H3;2*(H,6,7). The first-order valence-corrected chi connectivity index (χ1v) is 11.3. The SMILES string of the molecule is Cn1cccc1CN1CCC2(CC1)CCN(Cc1ccoc1)C2.O=C(O)C(F)(F)F.O=C(O)C(F)(F)F. The largest absolute Gasteiger partial charge is 0.490 e. The second-order valence-corrected chi connectivity index (χ2v) is 9.08. The fraction of sp³-hybridized carbons (Fsp3) is 0.565. The summed E-state index contributed by atoms with van der Waals surface area (Å²) in [5.41, 5.74) is 3.30. The molecule has 2 aromatic rings. The zero-order chi connectivity index (χ0) is 27.9. The Morgan fingerprint density at radius 1 is 0.919 bits per heavy atom. The highest BCUT2D eigenvalue weighted by Gasteiger charge is 2.41. The molecule has 0 amide bonds. The Balaban J connectivity index is 0.000000286. The maximum Gasteiger partial charge on any atom is 0.490 e. The number of alkyl halides is 6. The van der Waals surface area contributed by atoms with Crippen LogP contribution in [0.5, 0.6) is 0 Å². The number of nitrogens with zero attached hydrogens (tertiary/aromatic N) is 3. The molecule has 2 fully saturated rings. The van der Waals surface area contributed by atoms with Gasteiger partial charge in [0.25, 0.3) is 0 Å². The first kappa shape index (κ1) is 30.2. The molecule has 2 aromatic heterocycles. The number of piperidine rings is 1. The fourth-order valence-electron chi connectivity index (χ4n) is 4.29. The highest BCUT2D eigenvalue weighted by Crippen LogP contribution is 2.41. The van der Waals surface area contributed by atoms with Gasteiger partial charge in [0.2, 0.25) is 0 Å². The van der Waals surface area contributed by atoms with Gasteiger partial charge in [0.15, 0.2) is 0 Å². The number of furan rings is 1. The number of aryl methyl sites for hydroxylation is 1. The van der Waals surface area contributed by atoms with Crippen molar-refractivity contribution in [1.82, 2.24) is 14.4 Å². The molecule has 2 saturated heterocycles. The van der Waals surface area contributed by atoms with Gasteiger partial charge in [0, 0.05) is 44.1 Å². The molecule has 0 atom stereocenters. The Labute approximate surface area is 209 Å². The minimum absolute atomic E-state index is 0.564. The van der Waals surface area contributed by atoms with Crippen molar-refractivity contribution in [3.8, 4) is 0 Å². The average Bonchev–Trinajstić information content (AvgIpc) is 3.53. The van der Waals surface area contributed by atoms with Crippen molar-refractivity contribution in [2.24, 2.45) is 12.5 Å². The van der Waals surface area contributed by atoms with Crippen LogP contribution in [-0.2, 0) is 29.7 Å². The van der Waals surface area contributed by atoms with Gasteiger partial charge in [-0.15, -0.1) is 0 Å². The van der Waals surface area contributed by atoms with Crippen molar-refractivity contribution >= 4 is 11.9 Å². The van der Waals surface area contributed by atoms with Crippen LogP contribution in [0.15, 0.2) is 41.3 Å². The monoisotopic (exact) mass is 541 g/mol. The number of carboxylic acid groups (broad SMARTS) is 2. The molecule has 2 aliphatic heterocycles. The Morgan fingerprint density at radius 2 is 1.43 bits per heavy atom. The lowest BCUT2D eigenvalue weighted by atomic mass is 9.78. The summed E-state index contributed by atoms with van der Waals surface area (Å²) in [5, 5.41) is 14.2. The van der Waals surface area contributed by atoms with E-state index in [1.807, 2.05) is 6.26 Å². The second-order valence-electron chi connectivity index (χ2n) is 9.08. The molecule has 0 radical (unpaired) electrons. The predicted octanol–water partition coefficient (Wildman–Crippen LogP) is 4.37. The number of aliphatic carboxylic acids is 2. The quantitative estimate of drug-likeness (QED) is 0.555. The van der Waals surface area contributed by atoms with Gasteiger partial charge in [-0.05, 0) is 62.5 Å². The van der Waals surface area contributed by atoms with Gasteiger partial charge in [-0.2, -0.15) is 26.3 Å². The zero-order valence-electron chi connectivity index (χ0n) is 20.1. The summed E-state index contributed by atoms with van der Waals surface area (Å²) in [6, 6.07) is 6.48. The van der Waals surface area contributed by atoms with Crippen molar-refractivity contribution < 1.29 is 50.6 Å². The van der Waals surface area contributed by atoms with Gasteiger partial charge in [-0.1, -0.05) is 0 Å². The van der Waals surface area contributed by atoms with Gasteiger partial charge in [0.05, 0.1) is 12.5 Å². The summed E-state index contributed by atoms with van der Waals surface area (Å²) < 4.78 is 70.9. The Morgan fingerprint density at radius 3 is 1.84 bits per heavy atom. The smallest absolute Gasteiger partial charge is 0.475 e. The number of carboxylic acids is 2. The minimum atomic E-state index is -5.08. The molecule has 208 valence electrons. The Kier molecular flexibility index (Phi) is 10.2. The van der Waals surface area contributed by atoms with Crippen LogP contribution in [0, 0.1) is 5.41 Å². The Hall–Kier alpha value is -3.00. The van der Waals surface area contributed by atoms with Gasteiger partial charge in [-0.25, -0.2) is 9.59 Å². The van der Waals surface area contributed by atoms with E-state index < -0.39 is 24.3 Å². The van der Waals surface area contributed by atoms with Crippen molar-refractivity contribution in [3.05, 3.63) is 48.2 Å². The highest BCUT2D eigenvalue weighted by molar-refractivity contribution is 5.73. The average molecular weight is 541 g/mol. The number of rotatable bonds is 4. The van der Waals surface area contributed by atoms with Gasteiger partial charge >= 0.3 is 24.3 Å². The van der Waals surface area contributed by atoms with E-state index in [0.29, 0.717) is 5.41 Å². The maximum absolute atomic E-state index is 10.6. The van der Waals surface area contributed by atoms with Crippen LogP contribution in [0.2, 0.25) is 0 Å². The van der Waals surface area contributed by atoms with Crippen LogP contribution < -0.4 is 0 Å². The molecule has 14 heteroatoms. The van der Waals surface area contributed by atoms with E-state index in [2.05, 4.69) is 45.8 Å². The lowest BCUT2D eigenvalue weighted by Crippen LogP contribution is -2.41. The van der Waals surface area contributed by atoms with Gasteiger partial charge in [0.1, 0.15) is 0 Å². The summed E-state index contributed by atoms with van der Waals surface area (Å²) in [7, 11) is 2.14. The normalized spacial score (nSPS) is 18.0. The lowest BCUT2D eigenvalue weighted by molar-refractivity contribution is -0.193. The lowest BCUT2D eigenvalue weighted by Gasteiger charge is -2.39. The van der Waals surface area contributed by atoms with E-state index in [-0.39, 0.29) is 0 Å².